The van der Waals surface area contributed by atoms with Gasteiger partial charge in [-0.1, -0.05) is 5.16 Å². The molecule has 0 atom stereocenters. The molecule has 9 heavy (non-hydrogen) atoms. The van der Waals surface area contributed by atoms with Crippen LogP contribution in [0.3, 0.4) is 0 Å². The molecule has 1 N–H and O–H groups in total. The summed E-state index contributed by atoms with van der Waals surface area (Å²) in [5.74, 6) is 0.123. The lowest BCUT2D eigenvalue weighted by molar-refractivity contribution is -0.116. The van der Waals surface area contributed by atoms with Gasteiger partial charge in [-0.15, -0.1) is 0 Å². The number of ketones is 1. The quantitative estimate of drug-likeness (QED) is 0.353. The van der Waals surface area contributed by atoms with Crippen LogP contribution in [0.2, 0.25) is 0 Å². The maximum absolute atomic E-state index is 10.3. The summed E-state index contributed by atoms with van der Waals surface area (Å²) < 4.78 is 0. The first-order chi connectivity index (χ1) is 4.16. The Bertz CT molecular complexity index is 129. The molecule has 0 unspecified atom stereocenters. The highest BCUT2D eigenvalue weighted by Gasteiger charge is 1.94. The van der Waals surface area contributed by atoms with E-state index >= 15 is 0 Å². The molecule has 0 rings (SSSR count). The average Bonchev–Trinajstić information content (AvgIpc) is 1.83. The fourth-order valence-corrected chi connectivity index (χ4v) is 0.407. The number of carbonyl (C=O) groups excluding carboxylic acids is 1. The van der Waals surface area contributed by atoms with E-state index in [4.69, 9.17) is 5.21 Å². The molecule has 0 amide bonds. The molecule has 3 heteroatoms. The fourth-order valence-electron chi connectivity index (χ4n) is 0.407. The summed E-state index contributed by atoms with van der Waals surface area (Å²) in [6.07, 6.45) is 1.03. The number of hydrogen-bond donors (Lipinski definition) is 1. The number of hydrogen-bond acceptors (Lipinski definition) is 3. The van der Waals surface area contributed by atoms with Crippen LogP contribution in [0, 0.1) is 0 Å². The van der Waals surface area contributed by atoms with Gasteiger partial charge in [0.05, 0.1) is 5.71 Å². The Kier molecular flexibility index (Phi) is 3.67. The van der Waals surface area contributed by atoms with Crippen molar-refractivity contribution in [1.29, 1.82) is 0 Å². The number of rotatable bonds is 3. The predicted octanol–water partition coefficient (Wildman–Crippen LogP) is 1.21. The van der Waals surface area contributed by atoms with Gasteiger partial charge in [0.1, 0.15) is 5.78 Å². The van der Waals surface area contributed by atoms with Crippen molar-refractivity contribution in [3.05, 3.63) is 0 Å². The van der Waals surface area contributed by atoms with Crippen molar-refractivity contribution in [3.63, 3.8) is 0 Å². The zero-order valence-electron chi connectivity index (χ0n) is 5.72. The smallest absolute Gasteiger partial charge is 0.130 e. The van der Waals surface area contributed by atoms with Crippen molar-refractivity contribution in [1.82, 2.24) is 0 Å². The van der Waals surface area contributed by atoms with Gasteiger partial charge in [0.25, 0.3) is 0 Å². The minimum absolute atomic E-state index is 0.123. The topological polar surface area (TPSA) is 49.7 Å². The van der Waals surface area contributed by atoms with Crippen LogP contribution in [-0.4, -0.2) is 16.7 Å². The Morgan fingerprint density at radius 1 is 1.44 bits per heavy atom. The van der Waals surface area contributed by atoms with Crippen molar-refractivity contribution in [2.45, 2.75) is 26.7 Å². The van der Waals surface area contributed by atoms with Gasteiger partial charge in [-0.25, -0.2) is 0 Å². The van der Waals surface area contributed by atoms with E-state index < -0.39 is 0 Å². The highest BCUT2D eigenvalue weighted by atomic mass is 16.4. The molecule has 0 aromatic carbocycles. The summed E-state index contributed by atoms with van der Waals surface area (Å²) in [6.45, 7) is 3.20. The molecule has 0 heterocycles. The number of oxime groups is 1. The number of nitrogens with zero attached hydrogens (tertiary/aromatic N) is 1. The summed E-state index contributed by atoms with van der Waals surface area (Å²) >= 11 is 0. The third kappa shape index (κ3) is 5.00. The second-order valence-corrected chi connectivity index (χ2v) is 2.04. The molecule has 0 saturated carbocycles. The van der Waals surface area contributed by atoms with E-state index in [0.29, 0.717) is 18.6 Å². The molecule has 0 aromatic heterocycles. The van der Waals surface area contributed by atoms with E-state index in [1.807, 2.05) is 0 Å². The van der Waals surface area contributed by atoms with Crippen LogP contribution in [0.1, 0.15) is 26.7 Å². The van der Waals surface area contributed by atoms with Crippen LogP contribution in [-0.2, 0) is 4.79 Å². The van der Waals surface area contributed by atoms with Gasteiger partial charge < -0.3 is 10.0 Å². The largest absolute Gasteiger partial charge is 0.411 e. The first-order valence-electron chi connectivity index (χ1n) is 2.83. The van der Waals surface area contributed by atoms with Gasteiger partial charge in [0, 0.05) is 6.42 Å². The second-order valence-electron chi connectivity index (χ2n) is 2.04. The van der Waals surface area contributed by atoms with Gasteiger partial charge >= 0.3 is 0 Å². The van der Waals surface area contributed by atoms with Crippen molar-refractivity contribution < 1.29 is 10.0 Å². The molecule has 0 aliphatic carbocycles. The summed E-state index contributed by atoms with van der Waals surface area (Å²) in [6, 6.07) is 0. The first kappa shape index (κ1) is 8.14. The Morgan fingerprint density at radius 2 is 2.00 bits per heavy atom. The monoisotopic (exact) mass is 129 g/mol. The van der Waals surface area contributed by atoms with Crippen LogP contribution in [0.15, 0.2) is 5.16 Å². The summed E-state index contributed by atoms with van der Waals surface area (Å²) in [5.41, 5.74) is 0.602. The molecule has 52 valence electrons. The molecule has 0 spiro atoms. The Labute approximate surface area is 54.4 Å². The highest BCUT2D eigenvalue weighted by molar-refractivity contribution is 5.86. The molecular weight excluding hydrogens is 118 g/mol. The van der Waals surface area contributed by atoms with Crippen LogP contribution < -0.4 is 0 Å². The predicted molar refractivity (Wildman–Crippen MR) is 34.8 cm³/mol. The van der Waals surface area contributed by atoms with E-state index in [2.05, 4.69) is 5.16 Å². The number of Topliss-reactive ketones (excluding diaryl/α,β-unsaturated/α-hetero) is 1. The van der Waals surface area contributed by atoms with Crippen molar-refractivity contribution in [2.24, 2.45) is 5.16 Å². The molecule has 0 aromatic rings. The average molecular weight is 129 g/mol. The van der Waals surface area contributed by atoms with Crippen LogP contribution in [0.25, 0.3) is 0 Å². The van der Waals surface area contributed by atoms with Crippen molar-refractivity contribution >= 4 is 11.5 Å². The maximum Gasteiger partial charge on any atom is 0.130 e. The second kappa shape index (κ2) is 4.06. The summed E-state index contributed by atoms with van der Waals surface area (Å²) in [5, 5.41) is 11.0. The lowest BCUT2D eigenvalue weighted by atomic mass is 10.2. The maximum atomic E-state index is 10.3. The zero-order valence-corrected chi connectivity index (χ0v) is 5.72. The Balaban J connectivity index is 3.39. The lowest BCUT2D eigenvalue weighted by Gasteiger charge is -1.91. The van der Waals surface area contributed by atoms with Gasteiger partial charge in [-0.05, 0) is 20.3 Å². The van der Waals surface area contributed by atoms with E-state index in [1.54, 1.807) is 6.92 Å². The van der Waals surface area contributed by atoms with Gasteiger partial charge in [0.2, 0.25) is 0 Å². The SMILES string of the molecule is CC(=O)CC/C(C)=N\O. The van der Waals surface area contributed by atoms with Gasteiger partial charge in [-0.3, -0.25) is 0 Å². The van der Waals surface area contributed by atoms with Crippen molar-refractivity contribution in [3.8, 4) is 0 Å². The normalized spacial score (nSPS) is 11.6. The van der Waals surface area contributed by atoms with E-state index in [-0.39, 0.29) is 5.78 Å². The molecular formula is C6H11NO2. The molecule has 0 fully saturated rings. The minimum Gasteiger partial charge on any atom is -0.411 e. The highest BCUT2D eigenvalue weighted by Crippen LogP contribution is 1.92. The van der Waals surface area contributed by atoms with Gasteiger partial charge in [-0.2, -0.15) is 0 Å². The molecule has 0 bridgehead atoms. The standard InChI is InChI=1S/C6H11NO2/c1-5(7-9)3-4-6(2)8/h9H,3-4H2,1-2H3/b7-5-. The minimum atomic E-state index is 0.123. The van der Waals surface area contributed by atoms with Gasteiger partial charge in [0.15, 0.2) is 0 Å². The third-order valence-electron chi connectivity index (χ3n) is 1.01. The zero-order chi connectivity index (χ0) is 7.28. The summed E-state index contributed by atoms with van der Waals surface area (Å²) in [7, 11) is 0. The van der Waals surface area contributed by atoms with E-state index in [0.717, 1.165) is 0 Å². The molecule has 0 radical (unpaired) electrons. The lowest BCUT2D eigenvalue weighted by Crippen LogP contribution is -1.96. The molecule has 0 aliphatic heterocycles. The summed E-state index contributed by atoms with van der Waals surface area (Å²) in [4.78, 5) is 10.3. The third-order valence-corrected chi connectivity index (χ3v) is 1.01. The van der Waals surface area contributed by atoms with Crippen LogP contribution in [0.5, 0.6) is 0 Å². The molecule has 0 aliphatic rings. The Morgan fingerprint density at radius 3 is 2.33 bits per heavy atom. The van der Waals surface area contributed by atoms with Crippen molar-refractivity contribution in [2.75, 3.05) is 0 Å². The van der Waals surface area contributed by atoms with E-state index in [1.165, 1.54) is 6.92 Å². The van der Waals surface area contributed by atoms with Crippen LogP contribution >= 0.6 is 0 Å². The van der Waals surface area contributed by atoms with Crippen LogP contribution in [0.4, 0.5) is 0 Å². The molecule has 3 nitrogen and oxygen atoms in total. The first-order valence-corrected chi connectivity index (χ1v) is 2.83. The van der Waals surface area contributed by atoms with E-state index in [9.17, 15) is 4.79 Å². The fraction of sp³-hybridized carbons (Fsp3) is 0.667. The number of carbonyl (C=O) groups is 1. The molecule has 0 saturated heterocycles. The Hall–Kier alpha value is -0.860.